The van der Waals surface area contributed by atoms with Gasteiger partial charge in [-0.05, 0) is 30.5 Å². The molecule has 0 radical (unpaired) electrons. The van der Waals surface area contributed by atoms with E-state index in [0.717, 1.165) is 24.2 Å². The zero-order valence-electron chi connectivity index (χ0n) is 12.9. The van der Waals surface area contributed by atoms with Crippen molar-refractivity contribution >= 4 is 5.91 Å². The number of carbonyl (C=O) groups excluding carboxylic acids is 1. The third-order valence-corrected chi connectivity index (χ3v) is 4.22. The average Bonchev–Trinajstić information content (AvgIpc) is 2.54. The highest BCUT2D eigenvalue weighted by molar-refractivity contribution is 5.79. The minimum atomic E-state index is 0.192. The van der Waals surface area contributed by atoms with Gasteiger partial charge in [-0.3, -0.25) is 4.79 Å². The second-order valence-electron chi connectivity index (χ2n) is 5.69. The number of rotatable bonds is 6. The number of nitrogens with two attached hydrogens (primary N) is 1. The van der Waals surface area contributed by atoms with E-state index in [-0.39, 0.29) is 5.91 Å². The van der Waals surface area contributed by atoms with Crippen molar-refractivity contribution < 1.29 is 9.53 Å². The predicted molar refractivity (Wildman–Crippen MR) is 84.3 cm³/mol. The molecular formula is C17H26N2O2. The van der Waals surface area contributed by atoms with Crippen molar-refractivity contribution in [3.8, 4) is 5.75 Å². The summed E-state index contributed by atoms with van der Waals surface area (Å²) < 4.78 is 5.14. The van der Waals surface area contributed by atoms with Gasteiger partial charge in [0.25, 0.3) is 0 Å². The second-order valence-corrected chi connectivity index (χ2v) is 5.69. The van der Waals surface area contributed by atoms with Crippen LogP contribution in [0.2, 0.25) is 0 Å². The van der Waals surface area contributed by atoms with Crippen LogP contribution in [0.1, 0.15) is 37.7 Å². The van der Waals surface area contributed by atoms with Gasteiger partial charge in [-0.2, -0.15) is 0 Å². The zero-order chi connectivity index (χ0) is 15.1. The lowest BCUT2D eigenvalue weighted by Crippen LogP contribution is -2.44. The summed E-state index contributed by atoms with van der Waals surface area (Å²) in [5.74, 6) is 1.01. The summed E-state index contributed by atoms with van der Waals surface area (Å²) in [7, 11) is 1.65. The van der Waals surface area contributed by atoms with Crippen LogP contribution in [0.4, 0.5) is 0 Å². The van der Waals surface area contributed by atoms with Crippen LogP contribution in [0.5, 0.6) is 5.75 Å². The number of hydrogen-bond acceptors (Lipinski definition) is 3. The van der Waals surface area contributed by atoms with Crippen LogP contribution in [-0.4, -0.2) is 37.0 Å². The van der Waals surface area contributed by atoms with E-state index in [1.807, 2.05) is 29.2 Å². The van der Waals surface area contributed by atoms with Crippen molar-refractivity contribution in [3.63, 3.8) is 0 Å². The van der Waals surface area contributed by atoms with E-state index in [1.165, 1.54) is 19.3 Å². The Balaban J connectivity index is 1.99. The Hall–Kier alpha value is -1.55. The molecule has 0 heterocycles. The fraction of sp³-hybridized carbons (Fsp3) is 0.588. The van der Waals surface area contributed by atoms with Gasteiger partial charge in [0.05, 0.1) is 13.5 Å². The highest BCUT2D eigenvalue weighted by Crippen LogP contribution is 2.23. The maximum absolute atomic E-state index is 12.6. The Morgan fingerprint density at radius 2 is 1.90 bits per heavy atom. The van der Waals surface area contributed by atoms with Gasteiger partial charge in [0.1, 0.15) is 5.75 Å². The first-order chi connectivity index (χ1) is 10.2. The molecule has 0 unspecified atom stereocenters. The molecule has 2 rings (SSSR count). The van der Waals surface area contributed by atoms with E-state index in [1.54, 1.807) is 7.11 Å². The Bertz CT molecular complexity index is 439. The van der Waals surface area contributed by atoms with Gasteiger partial charge < -0.3 is 15.4 Å². The topological polar surface area (TPSA) is 55.6 Å². The van der Waals surface area contributed by atoms with Crippen molar-refractivity contribution in [3.05, 3.63) is 29.8 Å². The molecule has 0 spiro atoms. The third-order valence-electron chi connectivity index (χ3n) is 4.22. The van der Waals surface area contributed by atoms with Gasteiger partial charge in [-0.25, -0.2) is 0 Å². The molecule has 2 N–H and O–H groups in total. The first-order valence-electron chi connectivity index (χ1n) is 7.87. The highest BCUT2D eigenvalue weighted by atomic mass is 16.5. The molecule has 0 aliphatic heterocycles. The van der Waals surface area contributed by atoms with Crippen LogP contribution >= 0.6 is 0 Å². The summed E-state index contributed by atoms with van der Waals surface area (Å²) in [5, 5.41) is 0. The van der Waals surface area contributed by atoms with E-state index < -0.39 is 0 Å². The summed E-state index contributed by atoms with van der Waals surface area (Å²) in [6, 6.07) is 8.09. The third kappa shape index (κ3) is 4.46. The van der Waals surface area contributed by atoms with E-state index in [2.05, 4.69) is 0 Å². The number of methoxy groups -OCH3 is 1. The summed E-state index contributed by atoms with van der Waals surface area (Å²) in [5.41, 5.74) is 6.72. The number of ether oxygens (including phenoxy) is 1. The second kappa shape index (κ2) is 8.03. The largest absolute Gasteiger partial charge is 0.497 e. The van der Waals surface area contributed by atoms with Crippen molar-refractivity contribution in [1.82, 2.24) is 4.90 Å². The Kier molecular flexibility index (Phi) is 6.05. The summed E-state index contributed by atoms with van der Waals surface area (Å²) in [4.78, 5) is 14.6. The van der Waals surface area contributed by atoms with Crippen LogP contribution in [0.15, 0.2) is 24.3 Å². The minimum absolute atomic E-state index is 0.192. The lowest BCUT2D eigenvalue weighted by Gasteiger charge is -2.34. The van der Waals surface area contributed by atoms with Crippen LogP contribution in [0.25, 0.3) is 0 Å². The predicted octanol–water partition coefficient (Wildman–Crippen LogP) is 2.36. The number of amides is 1. The van der Waals surface area contributed by atoms with E-state index in [4.69, 9.17) is 10.5 Å². The van der Waals surface area contributed by atoms with E-state index in [9.17, 15) is 4.79 Å². The molecule has 116 valence electrons. The normalized spacial score (nSPS) is 15.7. The summed E-state index contributed by atoms with van der Waals surface area (Å²) in [6.07, 6.45) is 6.42. The van der Waals surface area contributed by atoms with Crippen molar-refractivity contribution in [2.45, 2.75) is 44.6 Å². The standard InChI is InChI=1S/C17H26N2O2/c1-21-16-9-7-14(8-10-16)13-17(20)19(12-11-18)15-5-3-2-4-6-15/h7-10,15H,2-6,11-13,18H2,1H3. The van der Waals surface area contributed by atoms with Gasteiger partial charge >= 0.3 is 0 Å². The zero-order valence-corrected chi connectivity index (χ0v) is 12.9. The molecule has 1 saturated carbocycles. The molecule has 0 saturated heterocycles. The van der Waals surface area contributed by atoms with Crippen LogP contribution in [-0.2, 0) is 11.2 Å². The Morgan fingerprint density at radius 3 is 2.48 bits per heavy atom. The van der Waals surface area contributed by atoms with Crippen LogP contribution in [0, 0.1) is 0 Å². The minimum Gasteiger partial charge on any atom is -0.497 e. The van der Waals surface area contributed by atoms with Gasteiger partial charge in [0.15, 0.2) is 0 Å². The summed E-state index contributed by atoms with van der Waals surface area (Å²) in [6.45, 7) is 1.20. The Morgan fingerprint density at radius 1 is 1.24 bits per heavy atom. The van der Waals surface area contributed by atoms with Gasteiger partial charge in [0, 0.05) is 19.1 Å². The van der Waals surface area contributed by atoms with Crippen molar-refractivity contribution in [2.24, 2.45) is 5.73 Å². The quantitative estimate of drug-likeness (QED) is 0.875. The number of hydrogen-bond donors (Lipinski definition) is 1. The lowest BCUT2D eigenvalue weighted by atomic mass is 9.93. The molecule has 1 aromatic carbocycles. The molecule has 1 aliphatic carbocycles. The molecule has 4 heteroatoms. The Labute approximate surface area is 127 Å². The smallest absolute Gasteiger partial charge is 0.227 e. The van der Waals surface area contributed by atoms with Gasteiger partial charge in [-0.1, -0.05) is 31.4 Å². The lowest BCUT2D eigenvalue weighted by molar-refractivity contribution is -0.133. The van der Waals surface area contributed by atoms with Gasteiger partial charge in [0.2, 0.25) is 5.91 Å². The monoisotopic (exact) mass is 290 g/mol. The van der Waals surface area contributed by atoms with Crippen molar-refractivity contribution in [1.29, 1.82) is 0 Å². The molecule has 4 nitrogen and oxygen atoms in total. The molecule has 0 bridgehead atoms. The van der Waals surface area contributed by atoms with E-state index in [0.29, 0.717) is 25.6 Å². The molecule has 21 heavy (non-hydrogen) atoms. The molecular weight excluding hydrogens is 264 g/mol. The van der Waals surface area contributed by atoms with Crippen LogP contribution in [0.3, 0.4) is 0 Å². The first-order valence-corrected chi connectivity index (χ1v) is 7.87. The van der Waals surface area contributed by atoms with Crippen LogP contribution < -0.4 is 10.5 Å². The SMILES string of the molecule is COc1ccc(CC(=O)N(CCN)C2CCCCC2)cc1. The maximum Gasteiger partial charge on any atom is 0.227 e. The van der Waals surface area contributed by atoms with Gasteiger partial charge in [-0.15, -0.1) is 0 Å². The average molecular weight is 290 g/mol. The highest BCUT2D eigenvalue weighted by Gasteiger charge is 2.24. The maximum atomic E-state index is 12.6. The van der Waals surface area contributed by atoms with Crippen molar-refractivity contribution in [2.75, 3.05) is 20.2 Å². The molecule has 1 aromatic rings. The van der Waals surface area contributed by atoms with E-state index >= 15 is 0 Å². The number of nitrogens with zero attached hydrogens (tertiary/aromatic N) is 1. The first kappa shape index (κ1) is 15.8. The number of benzene rings is 1. The fourth-order valence-electron chi connectivity index (χ4n) is 3.06. The molecule has 1 fully saturated rings. The fourth-order valence-corrected chi connectivity index (χ4v) is 3.06. The molecule has 0 atom stereocenters. The molecule has 0 aromatic heterocycles. The molecule has 1 aliphatic rings. The molecule has 1 amide bonds. The number of carbonyl (C=O) groups is 1. The summed E-state index contributed by atoms with van der Waals surface area (Å²) >= 11 is 0.